The van der Waals surface area contributed by atoms with Crippen LogP contribution in [0.15, 0.2) is 12.7 Å². The standard InChI is InChI=1S/C17H24F4O6/c1-6-12(22)25-7-8-26-14(23)16(18,19)9-17(20,21)15(24)27-13(10(2)3)11(4)5/h6,10-11,13H,1,7-9H2,2-5H3. The number of halogens is 4. The maximum Gasteiger partial charge on any atom is 0.377 e. The van der Waals surface area contributed by atoms with Gasteiger partial charge in [0.25, 0.3) is 0 Å². The largest absolute Gasteiger partial charge is 0.459 e. The first kappa shape index (κ1) is 24.9. The SMILES string of the molecule is C=CC(=O)OCCOC(=O)C(F)(F)CC(F)(F)C(=O)OC(C(C)C)C(C)C. The van der Waals surface area contributed by atoms with E-state index in [2.05, 4.69) is 20.8 Å². The Hall–Kier alpha value is -2.13. The fourth-order valence-electron chi connectivity index (χ4n) is 2.12. The van der Waals surface area contributed by atoms with Crippen LogP contribution in [0.25, 0.3) is 0 Å². The van der Waals surface area contributed by atoms with E-state index in [1.807, 2.05) is 0 Å². The van der Waals surface area contributed by atoms with Crippen molar-refractivity contribution in [1.82, 2.24) is 0 Å². The molecule has 0 bridgehead atoms. The van der Waals surface area contributed by atoms with Gasteiger partial charge in [0.05, 0.1) is 6.42 Å². The summed E-state index contributed by atoms with van der Waals surface area (Å²) < 4.78 is 68.2. The lowest BCUT2D eigenvalue weighted by atomic mass is 9.96. The van der Waals surface area contributed by atoms with E-state index in [0.717, 1.165) is 6.08 Å². The van der Waals surface area contributed by atoms with Gasteiger partial charge in [-0.3, -0.25) is 0 Å². The van der Waals surface area contributed by atoms with E-state index in [1.165, 1.54) is 0 Å². The van der Waals surface area contributed by atoms with Crippen molar-refractivity contribution >= 4 is 17.9 Å². The smallest absolute Gasteiger partial charge is 0.377 e. The zero-order chi connectivity index (χ0) is 21.4. The van der Waals surface area contributed by atoms with Crippen LogP contribution >= 0.6 is 0 Å². The van der Waals surface area contributed by atoms with Gasteiger partial charge in [-0.2, -0.15) is 17.6 Å². The normalized spacial score (nSPS) is 12.3. The molecule has 0 rings (SSSR count). The number of alkyl halides is 4. The van der Waals surface area contributed by atoms with E-state index in [4.69, 9.17) is 0 Å². The predicted molar refractivity (Wildman–Crippen MR) is 86.2 cm³/mol. The molecule has 0 atom stereocenters. The van der Waals surface area contributed by atoms with Crippen molar-refractivity contribution in [3.8, 4) is 0 Å². The lowest BCUT2D eigenvalue weighted by molar-refractivity contribution is -0.202. The maximum atomic E-state index is 13.9. The summed E-state index contributed by atoms with van der Waals surface area (Å²) in [7, 11) is 0. The summed E-state index contributed by atoms with van der Waals surface area (Å²) in [5.41, 5.74) is 0. The highest BCUT2D eigenvalue weighted by Crippen LogP contribution is 2.33. The van der Waals surface area contributed by atoms with Crippen LogP contribution in [0.4, 0.5) is 17.6 Å². The van der Waals surface area contributed by atoms with Gasteiger partial charge in [0.1, 0.15) is 19.3 Å². The molecule has 0 unspecified atom stereocenters. The molecule has 0 spiro atoms. The molecule has 0 saturated heterocycles. The highest BCUT2D eigenvalue weighted by atomic mass is 19.3. The van der Waals surface area contributed by atoms with E-state index in [-0.39, 0.29) is 11.8 Å². The van der Waals surface area contributed by atoms with Crippen molar-refractivity contribution in [2.45, 2.75) is 52.1 Å². The van der Waals surface area contributed by atoms with E-state index >= 15 is 0 Å². The molecule has 0 amide bonds. The maximum absolute atomic E-state index is 13.9. The zero-order valence-corrected chi connectivity index (χ0v) is 15.6. The van der Waals surface area contributed by atoms with Crippen molar-refractivity contribution in [3.05, 3.63) is 12.7 Å². The van der Waals surface area contributed by atoms with Gasteiger partial charge < -0.3 is 14.2 Å². The number of ether oxygens (including phenoxy) is 3. The second kappa shape index (κ2) is 10.3. The van der Waals surface area contributed by atoms with E-state index in [9.17, 15) is 31.9 Å². The first-order valence-corrected chi connectivity index (χ1v) is 8.17. The minimum absolute atomic E-state index is 0.312. The summed E-state index contributed by atoms with van der Waals surface area (Å²) in [4.78, 5) is 33.6. The summed E-state index contributed by atoms with van der Waals surface area (Å²) >= 11 is 0. The average molecular weight is 400 g/mol. The monoisotopic (exact) mass is 400 g/mol. The Morgan fingerprint density at radius 2 is 1.33 bits per heavy atom. The van der Waals surface area contributed by atoms with Gasteiger partial charge in [-0.25, -0.2) is 14.4 Å². The topological polar surface area (TPSA) is 78.9 Å². The van der Waals surface area contributed by atoms with E-state index in [0.29, 0.717) is 0 Å². The molecule has 0 aliphatic heterocycles. The molecule has 27 heavy (non-hydrogen) atoms. The van der Waals surface area contributed by atoms with Gasteiger partial charge in [0.2, 0.25) is 0 Å². The lowest BCUT2D eigenvalue weighted by Crippen LogP contribution is -2.44. The molecular weight excluding hydrogens is 376 g/mol. The quantitative estimate of drug-likeness (QED) is 0.174. The van der Waals surface area contributed by atoms with Crippen LogP contribution in [0.1, 0.15) is 34.1 Å². The van der Waals surface area contributed by atoms with E-state index in [1.54, 1.807) is 27.7 Å². The zero-order valence-electron chi connectivity index (χ0n) is 15.6. The first-order valence-electron chi connectivity index (χ1n) is 8.17. The fraction of sp³-hybridized carbons (Fsp3) is 0.706. The van der Waals surface area contributed by atoms with Crippen LogP contribution in [-0.2, 0) is 28.6 Å². The van der Waals surface area contributed by atoms with Crippen LogP contribution < -0.4 is 0 Å². The Kier molecular flexibility index (Phi) is 9.46. The highest BCUT2D eigenvalue weighted by Gasteiger charge is 2.55. The van der Waals surface area contributed by atoms with Crippen LogP contribution in [0, 0.1) is 11.8 Å². The summed E-state index contributed by atoms with van der Waals surface area (Å²) in [6, 6.07) is 0. The number of esters is 3. The summed E-state index contributed by atoms with van der Waals surface area (Å²) in [6.07, 6.45) is -2.50. The number of hydrogen-bond acceptors (Lipinski definition) is 6. The molecule has 0 N–H and O–H groups in total. The number of rotatable bonds is 11. The molecule has 156 valence electrons. The van der Waals surface area contributed by atoms with Crippen molar-refractivity contribution in [1.29, 1.82) is 0 Å². The van der Waals surface area contributed by atoms with Crippen molar-refractivity contribution < 1.29 is 46.2 Å². The second-order valence-electron chi connectivity index (χ2n) is 6.45. The minimum Gasteiger partial charge on any atom is -0.459 e. The Morgan fingerprint density at radius 3 is 1.78 bits per heavy atom. The van der Waals surface area contributed by atoms with Crippen LogP contribution in [0.3, 0.4) is 0 Å². The first-order chi connectivity index (χ1) is 12.2. The fourth-order valence-corrected chi connectivity index (χ4v) is 2.12. The van der Waals surface area contributed by atoms with Gasteiger partial charge in [-0.1, -0.05) is 34.3 Å². The summed E-state index contributed by atoms with van der Waals surface area (Å²) in [5, 5.41) is 0. The Morgan fingerprint density at radius 1 is 0.889 bits per heavy atom. The van der Waals surface area contributed by atoms with Gasteiger partial charge >= 0.3 is 29.8 Å². The predicted octanol–water partition coefficient (Wildman–Crippen LogP) is 3.14. The molecule has 0 radical (unpaired) electrons. The Bertz CT molecular complexity index is 538. The van der Waals surface area contributed by atoms with Gasteiger partial charge in [0, 0.05) is 6.08 Å². The van der Waals surface area contributed by atoms with Gasteiger partial charge in [0.15, 0.2) is 0 Å². The number of hydrogen-bond donors (Lipinski definition) is 0. The highest BCUT2D eigenvalue weighted by molar-refractivity contribution is 5.82. The Labute approximate surface area is 154 Å². The Balaban J connectivity index is 4.82. The molecule has 10 heteroatoms. The van der Waals surface area contributed by atoms with Crippen LogP contribution in [-0.4, -0.2) is 49.1 Å². The molecule has 0 aliphatic rings. The molecule has 0 aromatic heterocycles. The lowest BCUT2D eigenvalue weighted by Gasteiger charge is -2.28. The van der Waals surface area contributed by atoms with Crippen molar-refractivity contribution in [2.24, 2.45) is 11.8 Å². The molecule has 0 aliphatic carbocycles. The van der Waals surface area contributed by atoms with E-state index < -0.39 is 55.5 Å². The van der Waals surface area contributed by atoms with Crippen molar-refractivity contribution in [3.63, 3.8) is 0 Å². The molecule has 6 nitrogen and oxygen atoms in total. The average Bonchev–Trinajstić information content (AvgIpc) is 2.53. The second-order valence-corrected chi connectivity index (χ2v) is 6.45. The summed E-state index contributed by atoms with van der Waals surface area (Å²) in [5.74, 6) is -15.1. The third-order valence-electron chi connectivity index (χ3n) is 3.33. The van der Waals surface area contributed by atoms with Crippen LogP contribution in [0.2, 0.25) is 0 Å². The summed E-state index contributed by atoms with van der Waals surface area (Å²) in [6.45, 7) is 8.26. The molecule has 0 aromatic carbocycles. The van der Waals surface area contributed by atoms with Crippen molar-refractivity contribution in [2.75, 3.05) is 13.2 Å². The molecule has 0 heterocycles. The molecule has 0 saturated carbocycles. The minimum atomic E-state index is -4.64. The van der Waals surface area contributed by atoms with Gasteiger partial charge in [-0.15, -0.1) is 0 Å². The van der Waals surface area contributed by atoms with Gasteiger partial charge in [-0.05, 0) is 11.8 Å². The third kappa shape index (κ3) is 8.40. The van der Waals surface area contributed by atoms with Crippen LogP contribution in [0.5, 0.6) is 0 Å². The third-order valence-corrected chi connectivity index (χ3v) is 3.33. The molecule has 0 fully saturated rings. The molecule has 0 aromatic rings. The molecular formula is C17H24F4O6. The number of carbonyl (C=O) groups excluding carboxylic acids is 3. The number of carbonyl (C=O) groups is 3.